The Morgan fingerprint density at radius 3 is 2.72 bits per heavy atom. The van der Waals surface area contributed by atoms with Crippen LogP contribution < -0.4 is 5.32 Å². The summed E-state index contributed by atoms with van der Waals surface area (Å²) in [6, 6.07) is 0. The minimum atomic E-state index is -4.61. The van der Waals surface area contributed by atoms with Crippen LogP contribution in [0.5, 0.6) is 0 Å². The number of carboxylic acid groups (broad SMARTS) is 1. The summed E-state index contributed by atoms with van der Waals surface area (Å²) in [6.45, 7) is -2.14. The minimum Gasteiger partial charge on any atom is -0.480 e. The van der Waals surface area contributed by atoms with Crippen molar-refractivity contribution < 1.29 is 32.6 Å². The van der Waals surface area contributed by atoms with Crippen molar-refractivity contribution in [2.45, 2.75) is 12.7 Å². The lowest BCUT2D eigenvalue weighted by Gasteiger charge is -2.07. The lowest BCUT2D eigenvalue weighted by atomic mass is 10.5. The van der Waals surface area contributed by atoms with E-state index in [2.05, 4.69) is 9.84 Å². The summed E-state index contributed by atoms with van der Waals surface area (Å²) < 4.78 is 40.0. The maximum atomic E-state index is 11.7. The van der Waals surface area contributed by atoms with E-state index in [0.717, 1.165) is 17.1 Å². The van der Waals surface area contributed by atoms with E-state index < -0.39 is 31.4 Å². The zero-order valence-electron chi connectivity index (χ0n) is 8.77. The second-order valence-corrected chi connectivity index (χ2v) is 3.14. The quantitative estimate of drug-likeness (QED) is 0.851. The maximum Gasteiger partial charge on any atom is 0.422 e. The van der Waals surface area contributed by atoms with E-state index in [1.54, 1.807) is 0 Å². The first-order valence-electron chi connectivity index (χ1n) is 4.51. The Hall–Kier alpha value is -2.26. The lowest BCUT2D eigenvalue weighted by molar-refractivity contribution is -0.159. The SMILES string of the molecule is O=C(O)Cn1cc(NC(=O)OCC(F)(F)F)cn1. The van der Waals surface area contributed by atoms with Gasteiger partial charge in [0.1, 0.15) is 6.54 Å². The number of carbonyl (C=O) groups excluding carboxylic acids is 1. The molecule has 0 atom stereocenters. The number of hydrogen-bond acceptors (Lipinski definition) is 4. The standard InChI is InChI=1S/C8H8F3N3O4/c9-8(10,11)4-18-7(17)13-5-1-12-14(2-5)3-6(15)16/h1-2H,3-4H2,(H,13,17)(H,15,16). The van der Waals surface area contributed by atoms with Gasteiger partial charge in [-0.1, -0.05) is 0 Å². The van der Waals surface area contributed by atoms with Crippen molar-refractivity contribution in [1.82, 2.24) is 9.78 Å². The number of rotatable bonds is 4. The van der Waals surface area contributed by atoms with Crippen molar-refractivity contribution in [3.63, 3.8) is 0 Å². The van der Waals surface area contributed by atoms with Crippen LogP contribution in [-0.4, -0.2) is 39.7 Å². The summed E-state index contributed by atoms with van der Waals surface area (Å²) in [5.74, 6) is -1.15. The topological polar surface area (TPSA) is 93.5 Å². The zero-order valence-corrected chi connectivity index (χ0v) is 8.77. The van der Waals surface area contributed by atoms with E-state index in [1.807, 2.05) is 5.32 Å². The molecular formula is C8H8F3N3O4. The van der Waals surface area contributed by atoms with Crippen LogP contribution in [0.15, 0.2) is 12.4 Å². The third kappa shape index (κ3) is 5.18. The molecule has 0 aliphatic carbocycles. The Balaban J connectivity index is 2.45. The Bertz CT molecular complexity index is 443. The molecule has 0 aromatic carbocycles. The van der Waals surface area contributed by atoms with Crippen LogP contribution in [0, 0.1) is 0 Å². The van der Waals surface area contributed by atoms with Gasteiger partial charge in [0, 0.05) is 6.20 Å². The highest BCUT2D eigenvalue weighted by atomic mass is 19.4. The number of carboxylic acids is 1. The first kappa shape index (κ1) is 13.8. The molecule has 100 valence electrons. The van der Waals surface area contributed by atoms with Gasteiger partial charge in [-0.15, -0.1) is 0 Å². The van der Waals surface area contributed by atoms with Crippen molar-refractivity contribution in [3.05, 3.63) is 12.4 Å². The molecule has 0 spiro atoms. The molecule has 0 radical (unpaired) electrons. The Kier molecular flexibility index (Phi) is 4.13. The highest BCUT2D eigenvalue weighted by molar-refractivity contribution is 5.84. The fraction of sp³-hybridized carbons (Fsp3) is 0.375. The number of alkyl halides is 3. The number of aliphatic carboxylic acids is 1. The van der Waals surface area contributed by atoms with Crippen molar-refractivity contribution in [1.29, 1.82) is 0 Å². The van der Waals surface area contributed by atoms with Crippen molar-refractivity contribution in [3.8, 4) is 0 Å². The Morgan fingerprint density at radius 1 is 1.50 bits per heavy atom. The van der Waals surface area contributed by atoms with Gasteiger partial charge in [-0.05, 0) is 0 Å². The summed E-state index contributed by atoms with van der Waals surface area (Å²) in [5.41, 5.74) is 0.0309. The summed E-state index contributed by atoms with van der Waals surface area (Å²) in [7, 11) is 0. The lowest BCUT2D eigenvalue weighted by Crippen LogP contribution is -2.23. The summed E-state index contributed by atoms with van der Waals surface area (Å²) >= 11 is 0. The van der Waals surface area contributed by atoms with E-state index >= 15 is 0 Å². The predicted molar refractivity (Wildman–Crippen MR) is 50.9 cm³/mol. The molecule has 10 heteroatoms. The van der Waals surface area contributed by atoms with Gasteiger partial charge in [-0.2, -0.15) is 18.3 Å². The van der Waals surface area contributed by atoms with Crippen LogP contribution in [0.1, 0.15) is 0 Å². The second-order valence-electron chi connectivity index (χ2n) is 3.14. The van der Waals surface area contributed by atoms with Gasteiger partial charge >= 0.3 is 18.2 Å². The van der Waals surface area contributed by atoms with Crippen LogP contribution in [0.4, 0.5) is 23.7 Å². The van der Waals surface area contributed by atoms with E-state index in [-0.39, 0.29) is 5.69 Å². The van der Waals surface area contributed by atoms with Crippen LogP contribution in [0.3, 0.4) is 0 Å². The number of nitrogens with one attached hydrogen (secondary N) is 1. The van der Waals surface area contributed by atoms with E-state index in [4.69, 9.17) is 5.11 Å². The smallest absolute Gasteiger partial charge is 0.422 e. The normalized spacial score (nSPS) is 11.1. The van der Waals surface area contributed by atoms with Gasteiger partial charge in [-0.25, -0.2) is 4.79 Å². The number of anilines is 1. The summed E-state index contributed by atoms with van der Waals surface area (Å²) in [5, 5.41) is 14.0. The average Bonchev–Trinajstić information content (AvgIpc) is 2.60. The molecule has 0 fully saturated rings. The number of halogens is 3. The molecule has 0 saturated carbocycles. The average molecular weight is 267 g/mol. The van der Waals surface area contributed by atoms with Crippen molar-refractivity contribution >= 4 is 17.7 Å². The Morgan fingerprint density at radius 2 is 2.17 bits per heavy atom. The third-order valence-corrected chi connectivity index (χ3v) is 1.54. The first-order valence-corrected chi connectivity index (χ1v) is 4.51. The van der Waals surface area contributed by atoms with Gasteiger partial charge in [0.25, 0.3) is 0 Å². The maximum absolute atomic E-state index is 11.7. The molecule has 0 unspecified atom stereocenters. The molecule has 1 aromatic heterocycles. The molecular weight excluding hydrogens is 259 g/mol. The van der Waals surface area contributed by atoms with E-state index in [1.165, 1.54) is 0 Å². The minimum absolute atomic E-state index is 0.0309. The molecule has 0 aliphatic rings. The van der Waals surface area contributed by atoms with Crippen LogP contribution in [0.25, 0.3) is 0 Å². The second kappa shape index (κ2) is 5.38. The number of nitrogens with zero attached hydrogens (tertiary/aromatic N) is 2. The molecule has 1 rings (SSSR count). The Labute approximate surface area is 98.1 Å². The molecule has 1 amide bonds. The van der Waals surface area contributed by atoms with Gasteiger partial charge in [0.15, 0.2) is 6.61 Å². The molecule has 7 nitrogen and oxygen atoms in total. The zero-order chi connectivity index (χ0) is 13.8. The van der Waals surface area contributed by atoms with Gasteiger partial charge in [0.05, 0.1) is 11.9 Å². The fourth-order valence-corrected chi connectivity index (χ4v) is 0.954. The summed E-state index contributed by atoms with van der Waals surface area (Å²) in [4.78, 5) is 21.2. The molecule has 18 heavy (non-hydrogen) atoms. The number of hydrogen-bond donors (Lipinski definition) is 2. The highest BCUT2D eigenvalue weighted by Crippen LogP contribution is 2.15. The molecule has 1 heterocycles. The largest absolute Gasteiger partial charge is 0.480 e. The van der Waals surface area contributed by atoms with Crippen LogP contribution in [-0.2, 0) is 16.1 Å². The summed E-state index contributed by atoms with van der Waals surface area (Å²) in [6.07, 6.45) is -3.69. The molecule has 0 bridgehead atoms. The monoisotopic (exact) mass is 267 g/mol. The van der Waals surface area contributed by atoms with Crippen LogP contribution in [0.2, 0.25) is 0 Å². The van der Waals surface area contributed by atoms with Gasteiger partial charge in [0.2, 0.25) is 0 Å². The molecule has 1 aromatic rings. The molecule has 2 N–H and O–H groups in total. The van der Waals surface area contributed by atoms with Crippen LogP contribution >= 0.6 is 0 Å². The third-order valence-electron chi connectivity index (χ3n) is 1.54. The molecule has 0 aliphatic heterocycles. The van der Waals surface area contributed by atoms with E-state index in [9.17, 15) is 22.8 Å². The van der Waals surface area contributed by atoms with Crippen molar-refractivity contribution in [2.24, 2.45) is 0 Å². The predicted octanol–water partition coefficient (Wildman–Crippen LogP) is 1.08. The number of amides is 1. The number of carbonyl (C=O) groups is 2. The van der Waals surface area contributed by atoms with Gasteiger partial charge < -0.3 is 9.84 Å². The highest BCUT2D eigenvalue weighted by Gasteiger charge is 2.29. The van der Waals surface area contributed by atoms with Gasteiger partial charge in [-0.3, -0.25) is 14.8 Å². The fourth-order valence-electron chi connectivity index (χ4n) is 0.954. The first-order chi connectivity index (χ1) is 8.26. The van der Waals surface area contributed by atoms with Crippen molar-refractivity contribution in [2.75, 3.05) is 11.9 Å². The van der Waals surface area contributed by atoms with E-state index in [0.29, 0.717) is 0 Å². The number of ether oxygens (including phenoxy) is 1. The molecule has 0 saturated heterocycles. The number of aromatic nitrogens is 2.